The zero-order chi connectivity index (χ0) is 13.8. The van der Waals surface area contributed by atoms with E-state index in [1.807, 2.05) is 0 Å². The largest absolute Gasteiger partial charge is 0.446 e. The minimum absolute atomic E-state index is 0.00910. The number of rotatable bonds is 5. The summed E-state index contributed by atoms with van der Waals surface area (Å²) in [5.74, 6) is -0.368. The summed E-state index contributed by atoms with van der Waals surface area (Å²) in [5, 5.41) is 0. The highest BCUT2D eigenvalue weighted by Gasteiger charge is 2.30. The molecule has 1 aromatic rings. The zero-order valence-electron chi connectivity index (χ0n) is 9.06. The molecule has 0 fully saturated rings. The number of hydrogen-bond acceptors (Lipinski definition) is 2. The van der Waals surface area contributed by atoms with E-state index in [0.29, 0.717) is 11.1 Å². The number of Topliss-reactive ketones (excluding diaryl/α,β-unsaturated/α-hetero) is 1. The molecule has 0 unspecified atom stereocenters. The lowest BCUT2D eigenvalue weighted by molar-refractivity contribution is -0.116. The standard InChI is InChI=1S/C11H9Cl2F3OS/c12-5-7-1-2-10(18-11(14,15)16)8(3-7)4-9(17)6-13/h1-3H,4-6H2. The smallest absolute Gasteiger partial charge is 0.298 e. The SMILES string of the molecule is O=C(CCl)Cc1cc(CCl)ccc1SC(F)(F)F. The Bertz CT molecular complexity index is 435. The first-order valence-electron chi connectivity index (χ1n) is 4.87. The molecule has 0 spiro atoms. The Hall–Kier alpha value is -0.390. The molecule has 0 bridgehead atoms. The number of carbonyl (C=O) groups is 1. The molecule has 0 saturated carbocycles. The Kier molecular flexibility index (Phi) is 5.82. The van der Waals surface area contributed by atoms with E-state index in [1.54, 1.807) is 0 Å². The third-order valence-corrected chi connectivity index (χ3v) is 3.50. The van der Waals surface area contributed by atoms with Crippen molar-refractivity contribution in [2.75, 3.05) is 5.88 Å². The third-order valence-electron chi connectivity index (χ3n) is 2.04. The molecule has 0 aliphatic rings. The van der Waals surface area contributed by atoms with E-state index >= 15 is 0 Å². The van der Waals surface area contributed by atoms with E-state index in [9.17, 15) is 18.0 Å². The maximum atomic E-state index is 12.3. The van der Waals surface area contributed by atoms with Crippen LogP contribution in [-0.2, 0) is 17.1 Å². The molecule has 100 valence electrons. The average molecular weight is 317 g/mol. The normalized spacial score (nSPS) is 11.6. The lowest BCUT2D eigenvalue weighted by Gasteiger charge is -2.11. The van der Waals surface area contributed by atoms with Gasteiger partial charge in [-0.2, -0.15) is 13.2 Å². The summed E-state index contributed by atoms with van der Waals surface area (Å²) in [5.41, 5.74) is -3.41. The highest BCUT2D eigenvalue weighted by atomic mass is 35.5. The van der Waals surface area contributed by atoms with Crippen molar-refractivity contribution >= 4 is 40.7 Å². The average Bonchev–Trinajstić information content (AvgIpc) is 2.29. The van der Waals surface area contributed by atoms with Gasteiger partial charge in [0.25, 0.3) is 0 Å². The Labute approximate surface area is 117 Å². The molecule has 1 aromatic carbocycles. The number of alkyl halides is 5. The van der Waals surface area contributed by atoms with Crippen LogP contribution in [-0.4, -0.2) is 17.2 Å². The molecule has 0 heterocycles. The first kappa shape index (κ1) is 15.7. The van der Waals surface area contributed by atoms with Crippen LogP contribution in [0.3, 0.4) is 0 Å². The number of ketones is 1. The number of hydrogen-bond donors (Lipinski definition) is 0. The van der Waals surface area contributed by atoms with Crippen molar-refractivity contribution in [3.63, 3.8) is 0 Å². The highest BCUT2D eigenvalue weighted by molar-refractivity contribution is 8.00. The molecule has 0 saturated heterocycles. The van der Waals surface area contributed by atoms with E-state index < -0.39 is 5.51 Å². The van der Waals surface area contributed by atoms with Gasteiger partial charge in [-0.3, -0.25) is 4.79 Å². The minimum Gasteiger partial charge on any atom is -0.298 e. The second-order valence-electron chi connectivity index (χ2n) is 3.47. The fraction of sp³-hybridized carbons (Fsp3) is 0.364. The quantitative estimate of drug-likeness (QED) is 0.592. The van der Waals surface area contributed by atoms with Gasteiger partial charge in [0.05, 0.1) is 5.88 Å². The first-order chi connectivity index (χ1) is 8.35. The number of thioether (sulfide) groups is 1. The van der Waals surface area contributed by atoms with Crippen molar-refractivity contribution in [3.05, 3.63) is 29.3 Å². The summed E-state index contributed by atoms with van der Waals surface area (Å²) in [7, 11) is 0. The highest BCUT2D eigenvalue weighted by Crippen LogP contribution is 2.39. The Balaban J connectivity index is 3.04. The Morgan fingerprint density at radius 1 is 1.28 bits per heavy atom. The van der Waals surface area contributed by atoms with Gasteiger partial charge in [-0.1, -0.05) is 12.1 Å². The van der Waals surface area contributed by atoms with E-state index in [-0.39, 0.29) is 40.6 Å². The monoisotopic (exact) mass is 316 g/mol. The third kappa shape index (κ3) is 5.08. The van der Waals surface area contributed by atoms with Crippen molar-refractivity contribution in [2.45, 2.75) is 22.7 Å². The molecule has 0 radical (unpaired) electrons. The second-order valence-corrected chi connectivity index (χ2v) is 5.11. The van der Waals surface area contributed by atoms with Crippen LogP contribution >= 0.6 is 35.0 Å². The van der Waals surface area contributed by atoms with Crippen LogP contribution in [0.25, 0.3) is 0 Å². The molecule has 0 atom stereocenters. The predicted molar refractivity (Wildman–Crippen MR) is 67.3 cm³/mol. The van der Waals surface area contributed by atoms with Crippen LogP contribution in [0.4, 0.5) is 13.2 Å². The van der Waals surface area contributed by atoms with Gasteiger partial charge in [0, 0.05) is 17.2 Å². The summed E-state index contributed by atoms with van der Waals surface area (Å²) in [6.45, 7) is 0. The molecule has 0 aromatic heterocycles. The first-order valence-corrected chi connectivity index (χ1v) is 6.75. The van der Waals surface area contributed by atoms with Crippen LogP contribution in [0.15, 0.2) is 23.1 Å². The molecule has 0 N–H and O–H groups in total. The van der Waals surface area contributed by atoms with Crippen molar-refractivity contribution in [3.8, 4) is 0 Å². The van der Waals surface area contributed by atoms with E-state index in [1.165, 1.54) is 18.2 Å². The van der Waals surface area contributed by atoms with Crippen molar-refractivity contribution in [1.82, 2.24) is 0 Å². The van der Waals surface area contributed by atoms with Crippen LogP contribution in [0.5, 0.6) is 0 Å². The van der Waals surface area contributed by atoms with Crippen LogP contribution in [0.1, 0.15) is 11.1 Å². The maximum absolute atomic E-state index is 12.3. The summed E-state index contributed by atoms with van der Waals surface area (Å²) >= 11 is 10.7. The van der Waals surface area contributed by atoms with Crippen molar-refractivity contribution < 1.29 is 18.0 Å². The van der Waals surface area contributed by atoms with Gasteiger partial charge >= 0.3 is 5.51 Å². The number of benzene rings is 1. The molecular weight excluding hydrogens is 308 g/mol. The Morgan fingerprint density at radius 3 is 2.44 bits per heavy atom. The van der Waals surface area contributed by atoms with Gasteiger partial charge < -0.3 is 0 Å². The molecule has 1 rings (SSSR count). The van der Waals surface area contributed by atoms with Gasteiger partial charge in [0.2, 0.25) is 0 Å². The van der Waals surface area contributed by atoms with E-state index in [0.717, 1.165) is 0 Å². The molecular formula is C11H9Cl2F3OS. The van der Waals surface area contributed by atoms with Crippen molar-refractivity contribution in [1.29, 1.82) is 0 Å². The Morgan fingerprint density at radius 2 is 1.94 bits per heavy atom. The molecule has 0 aliphatic carbocycles. The molecule has 18 heavy (non-hydrogen) atoms. The number of carbonyl (C=O) groups excluding carboxylic acids is 1. The molecule has 7 heteroatoms. The fourth-order valence-electron chi connectivity index (χ4n) is 1.34. The summed E-state index contributed by atoms with van der Waals surface area (Å²) < 4.78 is 37.0. The van der Waals surface area contributed by atoms with Gasteiger partial charge in [0.15, 0.2) is 5.78 Å². The van der Waals surface area contributed by atoms with Gasteiger partial charge in [0.1, 0.15) is 0 Å². The van der Waals surface area contributed by atoms with Crippen molar-refractivity contribution in [2.24, 2.45) is 0 Å². The molecule has 0 amide bonds. The zero-order valence-corrected chi connectivity index (χ0v) is 11.4. The van der Waals surface area contributed by atoms with Crippen LogP contribution in [0.2, 0.25) is 0 Å². The van der Waals surface area contributed by atoms with E-state index in [2.05, 4.69) is 0 Å². The van der Waals surface area contributed by atoms with Crippen LogP contribution < -0.4 is 0 Å². The van der Waals surface area contributed by atoms with Gasteiger partial charge in [-0.15, -0.1) is 23.2 Å². The topological polar surface area (TPSA) is 17.1 Å². The lowest BCUT2D eigenvalue weighted by Crippen LogP contribution is -2.07. The minimum atomic E-state index is -4.39. The predicted octanol–water partition coefficient (Wildman–Crippen LogP) is 4.39. The number of halogens is 5. The molecule has 1 nitrogen and oxygen atoms in total. The molecule has 0 aliphatic heterocycles. The van der Waals surface area contributed by atoms with Crippen LogP contribution in [0, 0.1) is 0 Å². The summed E-state index contributed by atoms with van der Waals surface area (Å²) in [4.78, 5) is 11.3. The summed E-state index contributed by atoms with van der Waals surface area (Å²) in [6, 6.07) is 4.34. The fourth-order valence-corrected chi connectivity index (χ4v) is 2.25. The maximum Gasteiger partial charge on any atom is 0.446 e. The second kappa shape index (κ2) is 6.68. The van der Waals surface area contributed by atoms with Gasteiger partial charge in [-0.25, -0.2) is 0 Å². The van der Waals surface area contributed by atoms with E-state index in [4.69, 9.17) is 23.2 Å². The lowest BCUT2D eigenvalue weighted by atomic mass is 10.1. The summed E-state index contributed by atoms with van der Waals surface area (Å²) in [6.07, 6.45) is -0.118. The van der Waals surface area contributed by atoms with Gasteiger partial charge in [-0.05, 0) is 29.0 Å².